The maximum Gasteiger partial charge on any atom is 0.252 e. The van der Waals surface area contributed by atoms with Crippen molar-refractivity contribution >= 4 is 32.6 Å². The Bertz CT molecular complexity index is 1230. The van der Waals surface area contributed by atoms with Crippen LogP contribution in [0.4, 0.5) is 9.52 Å². The van der Waals surface area contributed by atoms with Gasteiger partial charge in [-0.1, -0.05) is 29.5 Å². The Hall–Kier alpha value is -3.39. The first-order valence-electron chi connectivity index (χ1n) is 10.2. The first-order chi connectivity index (χ1) is 15.2. The molecule has 31 heavy (non-hydrogen) atoms. The highest BCUT2D eigenvalue weighted by Crippen LogP contribution is 2.30. The number of nitrogens with zero attached hydrogens (tertiary/aromatic N) is 3. The molecule has 156 valence electrons. The molecule has 2 N–H and O–H groups in total. The topological polar surface area (TPSA) is 79.8 Å². The molecule has 0 saturated heterocycles. The van der Waals surface area contributed by atoms with Crippen LogP contribution in [0.2, 0.25) is 0 Å². The Morgan fingerprint density at radius 2 is 1.84 bits per heavy atom. The summed E-state index contributed by atoms with van der Waals surface area (Å²) in [6, 6.07) is 13.7. The van der Waals surface area contributed by atoms with E-state index in [1.54, 1.807) is 30.6 Å². The lowest BCUT2D eigenvalue weighted by Gasteiger charge is -2.22. The van der Waals surface area contributed by atoms with Gasteiger partial charge in [-0.2, -0.15) is 0 Å². The largest absolute Gasteiger partial charge is 0.357 e. The Kier molecular flexibility index (Phi) is 5.30. The molecule has 0 bridgehead atoms. The fraction of sp³-hybridized carbons (Fsp3) is 0.217. The van der Waals surface area contributed by atoms with Crippen LogP contribution in [0.1, 0.15) is 29.6 Å². The van der Waals surface area contributed by atoms with Gasteiger partial charge in [-0.05, 0) is 49.6 Å². The number of nitrogens with one attached hydrogen (secondary N) is 2. The molecule has 8 heteroatoms. The summed E-state index contributed by atoms with van der Waals surface area (Å²) < 4.78 is 14.3. The van der Waals surface area contributed by atoms with E-state index in [9.17, 15) is 9.18 Å². The number of rotatable bonds is 5. The number of benzene rings is 2. The number of carbonyl (C=O) groups is 1. The van der Waals surface area contributed by atoms with Crippen LogP contribution in [0.25, 0.3) is 21.6 Å². The van der Waals surface area contributed by atoms with Gasteiger partial charge in [0.15, 0.2) is 11.0 Å². The minimum absolute atomic E-state index is 0.0269. The standard InChI is InChI=1S/C23H20FN5OS/c24-14-9-10-19-20(13-14)31-23(29-19)28-18-8-3-7-17(18)27-22(30)16-6-2-1-5-15(16)21-25-11-4-12-26-21/h1-2,4-6,9-13,17-18H,3,7-8H2,(H,27,30)(H,28,29)/t17-,18-/m0/s1. The number of halogens is 1. The Labute approximate surface area is 182 Å². The number of fused-ring (bicyclic) bond motifs is 1. The fourth-order valence-electron chi connectivity index (χ4n) is 3.98. The van der Waals surface area contributed by atoms with Gasteiger partial charge in [0.05, 0.1) is 15.8 Å². The van der Waals surface area contributed by atoms with E-state index in [1.807, 2.05) is 18.2 Å². The van der Waals surface area contributed by atoms with Gasteiger partial charge in [-0.25, -0.2) is 19.3 Å². The smallest absolute Gasteiger partial charge is 0.252 e. The summed E-state index contributed by atoms with van der Waals surface area (Å²) in [5.41, 5.74) is 2.02. The molecular formula is C23H20FN5OS. The van der Waals surface area contributed by atoms with Crippen LogP contribution < -0.4 is 10.6 Å². The number of hydrogen-bond acceptors (Lipinski definition) is 6. The molecule has 0 unspecified atom stereocenters. The molecular weight excluding hydrogens is 413 g/mol. The van der Waals surface area contributed by atoms with E-state index in [1.165, 1.54) is 23.5 Å². The van der Waals surface area contributed by atoms with Gasteiger partial charge >= 0.3 is 0 Å². The second-order valence-electron chi connectivity index (χ2n) is 7.51. The van der Waals surface area contributed by atoms with Crippen LogP contribution >= 0.6 is 11.3 Å². The predicted molar refractivity (Wildman–Crippen MR) is 120 cm³/mol. The fourth-order valence-corrected chi connectivity index (χ4v) is 4.94. The quantitative estimate of drug-likeness (QED) is 0.479. The molecule has 0 spiro atoms. The molecule has 1 fully saturated rings. The number of aromatic nitrogens is 3. The van der Waals surface area contributed by atoms with Crippen molar-refractivity contribution in [1.82, 2.24) is 20.3 Å². The molecule has 2 aromatic carbocycles. The van der Waals surface area contributed by atoms with E-state index in [0.717, 1.165) is 34.6 Å². The molecule has 2 heterocycles. The maximum absolute atomic E-state index is 13.5. The van der Waals surface area contributed by atoms with E-state index < -0.39 is 0 Å². The summed E-state index contributed by atoms with van der Waals surface area (Å²) in [5.74, 6) is 0.110. The molecule has 1 aliphatic carbocycles. The van der Waals surface area contributed by atoms with Crippen molar-refractivity contribution in [3.05, 3.63) is 72.3 Å². The molecule has 2 atom stereocenters. The molecule has 1 saturated carbocycles. The SMILES string of the molecule is O=C(N[C@H]1CCC[C@@H]1Nc1nc2ccc(F)cc2s1)c1ccccc1-c1ncccn1. The van der Waals surface area contributed by atoms with Crippen LogP contribution in [0.5, 0.6) is 0 Å². The minimum atomic E-state index is -0.269. The van der Waals surface area contributed by atoms with E-state index in [4.69, 9.17) is 0 Å². The zero-order chi connectivity index (χ0) is 21.2. The van der Waals surface area contributed by atoms with Gasteiger partial charge in [0.1, 0.15) is 5.82 Å². The average molecular weight is 434 g/mol. The lowest BCUT2D eigenvalue weighted by molar-refractivity contribution is 0.0936. The van der Waals surface area contributed by atoms with Crippen LogP contribution in [-0.4, -0.2) is 32.9 Å². The van der Waals surface area contributed by atoms with Crippen LogP contribution in [0.3, 0.4) is 0 Å². The van der Waals surface area contributed by atoms with Crippen molar-refractivity contribution in [3.63, 3.8) is 0 Å². The highest BCUT2D eigenvalue weighted by molar-refractivity contribution is 7.22. The first-order valence-corrected chi connectivity index (χ1v) is 11.0. The molecule has 2 aromatic heterocycles. The average Bonchev–Trinajstić information content (AvgIpc) is 3.40. The second-order valence-corrected chi connectivity index (χ2v) is 8.54. The monoisotopic (exact) mass is 433 g/mol. The highest BCUT2D eigenvalue weighted by atomic mass is 32.1. The van der Waals surface area contributed by atoms with E-state index in [2.05, 4.69) is 25.6 Å². The third-order valence-electron chi connectivity index (χ3n) is 5.47. The third-order valence-corrected chi connectivity index (χ3v) is 6.42. The number of anilines is 1. The van der Waals surface area contributed by atoms with Gasteiger partial charge in [0.25, 0.3) is 5.91 Å². The summed E-state index contributed by atoms with van der Waals surface area (Å²) in [6.07, 6.45) is 6.15. The summed E-state index contributed by atoms with van der Waals surface area (Å²) in [7, 11) is 0. The van der Waals surface area contributed by atoms with Crippen LogP contribution in [0, 0.1) is 5.82 Å². The van der Waals surface area contributed by atoms with Gasteiger partial charge in [0, 0.05) is 30.0 Å². The van der Waals surface area contributed by atoms with Crippen LogP contribution in [-0.2, 0) is 0 Å². The van der Waals surface area contributed by atoms with Crippen molar-refractivity contribution in [1.29, 1.82) is 0 Å². The highest BCUT2D eigenvalue weighted by Gasteiger charge is 2.30. The van der Waals surface area contributed by atoms with Crippen molar-refractivity contribution < 1.29 is 9.18 Å². The summed E-state index contributed by atoms with van der Waals surface area (Å²) in [4.78, 5) is 26.2. The van der Waals surface area contributed by atoms with Gasteiger partial charge < -0.3 is 10.6 Å². The molecule has 6 nitrogen and oxygen atoms in total. The Morgan fingerprint density at radius 1 is 1.03 bits per heavy atom. The zero-order valence-electron chi connectivity index (χ0n) is 16.6. The van der Waals surface area contributed by atoms with E-state index in [0.29, 0.717) is 17.0 Å². The Balaban J connectivity index is 1.33. The van der Waals surface area contributed by atoms with Crippen molar-refractivity contribution in [2.45, 2.75) is 31.3 Å². The maximum atomic E-state index is 13.5. The molecule has 1 aliphatic rings. The molecule has 0 radical (unpaired) electrons. The third kappa shape index (κ3) is 4.11. The van der Waals surface area contributed by atoms with Gasteiger partial charge in [-0.3, -0.25) is 4.79 Å². The molecule has 0 aliphatic heterocycles. The number of hydrogen-bond donors (Lipinski definition) is 2. The lowest BCUT2D eigenvalue weighted by Crippen LogP contribution is -2.43. The first kappa shape index (κ1) is 19.6. The number of amides is 1. The number of thiazole rings is 1. The van der Waals surface area contributed by atoms with Crippen molar-refractivity contribution in [2.24, 2.45) is 0 Å². The molecule has 4 aromatic rings. The normalized spacial score (nSPS) is 18.2. The van der Waals surface area contributed by atoms with E-state index in [-0.39, 0.29) is 23.8 Å². The van der Waals surface area contributed by atoms with Crippen LogP contribution in [0.15, 0.2) is 60.9 Å². The van der Waals surface area contributed by atoms with Crippen molar-refractivity contribution in [2.75, 3.05) is 5.32 Å². The van der Waals surface area contributed by atoms with E-state index >= 15 is 0 Å². The molecule has 5 rings (SSSR count). The number of carbonyl (C=O) groups excluding carboxylic acids is 1. The summed E-state index contributed by atoms with van der Waals surface area (Å²) >= 11 is 1.42. The summed E-state index contributed by atoms with van der Waals surface area (Å²) in [5, 5.41) is 7.37. The lowest BCUT2D eigenvalue weighted by atomic mass is 10.0. The van der Waals surface area contributed by atoms with Gasteiger partial charge in [0.2, 0.25) is 0 Å². The summed E-state index contributed by atoms with van der Waals surface area (Å²) in [6.45, 7) is 0. The van der Waals surface area contributed by atoms with Gasteiger partial charge in [-0.15, -0.1) is 0 Å². The molecule has 1 amide bonds. The van der Waals surface area contributed by atoms with Crippen molar-refractivity contribution in [3.8, 4) is 11.4 Å². The Morgan fingerprint density at radius 3 is 2.71 bits per heavy atom. The second kappa shape index (κ2) is 8.39. The zero-order valence-corrected chi connectivity index (χ0v) is 17.4. The predicted octanol–water partition coefficient (Wildman–Crippen LogP) is 4.66. The minimum Gasteiger partial charge on any atom is -0.357 e.